The van der Waals surface area contributed by atoms with Gasteiger partial charge in [0.25, 0.3) is 0 Å². The number of aryl methyl sites for hydroxylation is 1. The highest BCUT2D eigenvalue weighted by Crippen LogP contribution is 2.61. The normalized spacial score (nSPS) is 32.6. The van der Waals surface area contributed by atoms with Gasteiger partial charge in [0.2, 0.25) is 5.91 Å². The number of thiazole rings is 1. The van der Waals surface area contributed by atoms with Crippen LogP contribution >= 0.6 is 11.3 Å². The number of carbonyl (C=O) groups excluding carboxylic acids is 2. The lowest BCUT2D eigenvalue weighted by Crippen LogP contribution is -2.47. The predicted molar refractivity (Wildman–Crippen MR) is 96.4 cm³/mol. The van der Waals surface area contributed by atoms with E-state index in [0.717, 1.165) is 28.3 Å². The second-order valence-electron chi connectivity index (χ2n) is 8.42. The molecule has 4 saturated carbocycles. The van der Waals surface area contributed by atoms with Gasteiger partial charge in [0.1, 0.15) is 0 Å². The van der Waals surface area contributed by atoms with E-state index in [4.69, 9.17) is 4.74 Å². The minimum Gasteiger partial charge on any atom is -0.469 e. The largest absolute Gasteiger partial charge is 0.469 e. The number of ether oxygens (including phenoxy) is 1. The highest BCUT2D eigenvalue weighted by Gasteiger charge is 2.51. The summed E-state index contributed by atoms with van der Waals surface area (Å²) < 4.78 is 4.71. The minimum absolute atomic E-state index is 0.0836. The lowest BCUT2D eigenvalue weighted by molar-refractivity contribution is -0.139. The van der Waals surface area contributed by atoms with Gasteiger partial charge < -0.3 is 10.1 Å². The van der Waals surface area contributed by atoms with Crippen molar-refractivity contribution in [3.63, 3.8) is 0 Å². The zero-order chi connectivity index (χ0) is 17.6. The van der Waals surface area contributed by atoms with Crippen molar-refractivity contribution >= 4 is 28.3 Å². The van der Waals surface area contributed by atoms with Crippen LogP contribution in [0.4, 0.5) is 5.13 Å². The Labute approximate surface area is 152 Å². The van der Waals surface area contributed by atoms with Gasteiger partial charge in [-0.2, -0.15) is 0 Å². The summed E-state index contributed by atoms with van der Waals surface area (Å²) >= 11 is 1.38. The number of esters is 1. The number of rotatable bonds is 5. The molecule has 4 aliphatic carbocycles. The highest BCUT2D eigenvalue weighted by molar-refractivity contribution is 7.16. The van der Waals surface area contributed by atoms with E-state index in [1.165, 1.54) is 57.0 Å². The maximum absolute atomic E-state index is 12.7. The molecule has 4 aliphatic rings. The van der Waals surface area contributed by atoms with Gasteiger partial charge in [0, 0.05) is 11.3 Å². The summed E-state index contributed by atoms with van der Waals surface area (Å²) in [6.07, 6.45) is 8.72. The van der Waals surface area contributed by atoms with Crippen molar-refractivity contribution in [1.82, 2.24) is 4.98 Å². The van der Waals surface area contributed by atoms with Crippen LogP contribution in [-0.2, 0) is 20.7 Å². The van der Waals surface area contributed by atoms with Crippen molar-refractivity contribution in [3.8, 4) is 0 Å². The Morgan fingerprint density at radius 1 is 1.20 bits per heavy atom. The van der Waals surface area contributed by atoms with Gasteiger partial charge in [0.05, 0.1) is 19.2 Å². The van der Waals surface area contributed by atoms with Crippen LogP contribution in [0.1, 0.15) is 55.5 Å². The lowest BCUT2D eigenvalue weighted by atomic mass is 9.49. The Bertz CT molecular complexity index is 662. The molecule has 0 atom stereocenters. The van der Waals surface area contributed by atoms with Crippen molar-refractivity contribution in [2.75, 3.05) is 12.4 Å². The van der Waals surface area contributed by atoms with E-state index < -0.39 is 0 Å². The van der Waals surface area contributed by atoms with Gasteiger partial charge in [-0.05, 0) is 68.6 Å². The fourth-order valence-corrected chi connectivity index (χ4v) is 6.82. The molecule has 5 nitrogen and oxygen atoms in total. The van der Waals surface area contributed by atoms with Gasteiger partial charge in [-0.1, -0.05) is 0 Å². The van der Waals surface area contributed by atoms with Crippen molar-refractivity contribution < 1.29 is 14.3 Å². The molecule has 0 aliphatic heterocycles. The second kappa shape index (κ2) is 6.38. The number of amides is 1. The second-order valence-corrected chi connectivity index (χ2v) is 9.51. The summed E-state index contributed by atoms with van der Waals surface area (Å²) in [5, 5.41) is 3.59. The molecule has 1 aromatic heterocycles. The number of hydrogen-bond donors (Lipinski definition) is 1. The van der Waals surface area contributed by atoms with Crippen LogP contribution in [0, 0.1) is 30.1 Å². The monoisotopic (exact) mass is 362 g/mol. The Morgan fingerprint density at radius 3 is 2.36 bits per heavy atom. The van der Waals surface area contributed by atoms with Crippen molar-refractivity contribution in [2.45, 2.75) is 58.3 Å². The molecule has 0 unspecified atom stereocenters. The Kier molecular flexibility index (Phi) is 4.34. The summed E-state index contributed by atoms with van der Waals surface area (Å²) in [7, 11) is 1.38. The molecular weight excluding hydrogens is 336 g/mol. The van der Waals surface area contributed by atoms with Crippen LogP contribution in [0.25, 0.3) is 0 Å². The fraction of sp³-hybridized carbons (Fsp3) is 0.737. The Morgan fingerprint density at radius 2 is 1.80 bits per heavy atom. The first-order chi connectivity index (χ1) is 11.9. The van der Waals surface area contributed by atoms with E-state index in [2.05, 4.69) is 10.3 Å². The summed E-state index contributed by atoms with van der Waals surface area (Å²) in [5.74, 6) is 2.37. The quantitative estimate of drug-likeness (QED) is 0.811. The molecule has 4 bridgehead atoms. The molecule has 1 amide bonds. The Hall–Kier alpha value is -1.43. The van der Waals surface area contributed by atoms with Crippen LogP contribution in [0.5, 0.6) is 0 Å². The summed E-state index contributed by atoms with van der Waals surface area (Å²) in [5.41, 5.74) is 1.03. The standard InChI is InChI=1S/C19H26N2O3S/c1-11-15(6-17(23)24-2)25-18(20-11)21-16(22)10-19-7-12-3-13(8-19)5-14(4-12)9-19/h12-14H,3-10H2,1-2H3,(H,20,21,22). The van der Waals surface area contributed by atoms with Gasteiger partial charge in [-0.3, -0.25) is 9.59 Å². The van der Waals surface area contributed by atoms with Crippen LogP contribution in [0.15, 0.2) is 0 Å². The van der Waals surface area contributed by atoms with E-state index in [9.17, 15) is 9.59 Å². The summed E-state index contributed by atoms with van der Waals surface area (Å²) in [4.78, 5) is 29.4. The van der Waals surface area contributed by atoms with Gasteiger partial charge in [-0.25, -0.2) is 4.98 Å². The molecule has 0 spiro atoms. The molecule has 1 aromatic rings. The number of anilines is 1. The van der Waals surface area contributed by atoms with E-state index in [1.54, 1.807) is 0 Å². The van der Waals surface area contributed by atoms with Crippen LogP contribution in [0.2, 0.25) is 0 Å². The van der Waals surface area contributed by atoms with Crippen molar-refractivity contribution in [3.05, 3.63) is 10.6 Å². The molecule has 0 aromatic carbocycles. The van der Waals surface area contributed by atoms with E-state index >= 15 is 0 Å². The van der Waals surface area contributed by atoms with Gasteiger partial charge in [0.15, 0.2) is 5.13 Å². The number of nitrogens with zero attached hydrogens (tertiary/aromatic N) is 1. The maximum atomic E-state index is 12.7. The number of methoxy groups -OCH3 is 1. The first kappa shape index (κ1) is 17.0. The van der Waals surface area contributed by atoms with Gasteiger partial charge in [-0.15, -0.1) is 11.3 Å². The maximum Gasteiger partial charge on any atom is 0.310 e. The zero-order valence-corrected chi connectivity index (χ0v) is 15.8. The van der Waals surface area contributed by atoms with Crippen LogP contribution in [0.3, 0.4) is 0 Å². The average Bonchev–Trinajstić information content (AvgIpc) is 2.84. The summed E-state index contributed by atoms with van der Waals surface area (Å²) in [6, 6.07) is 0. The number of nitrogens with one attached hydrogen (secondary N) is 1. The SMILES string of the molecule is COC(=O)Cc1sc(NC(=O)CC23CC4CC(CC(C4)C2)C3)nc1C. The number of aromatic nitrogens is 1. The third-order valence-corrected chi connectivity index (χ3v) is 7.45. The summed E-state index contributed by atoms with van der Waals surface area (Å²) in [6.45, 7) is 1.86. The number of carbonyl (C=O) groups is 2. The first-order valence-corrected chi connectivity index (χ1v) is 10.1. The van der Waals surface area contributed by atoms with Crippen molar-refractivity contribution in [1.29, 1.82) is 0 Å². The van der Waals surface area contributed by atoms with Crippen molar-refractivity contribution in [2.24, 2.45) is 23.2 Å². The predicted octanol–water partition coefficient (Wildman–Crippen LogP) is 3.71. The zero-order valence-electron chi connectivity index (χ0n) is 15.0. The molecule has 25 heavy (non-hydrogen) atoms. The molecule has 0 radical (unpaired) electrons. The third-order valence-electron chi connectivity index (χ3n) is 6.37. The molecule has 6 heteroatoms. The highest BCUT2D eigenvalue weighted by atomic mass is 32.1. The molecule has 1 heterocycles. The van der Waals surface area contributed by atoms with Crippen LogP contribution in [-0.4, -0.2) is 24.0 Å². The molecular formula is C19H26N2O3S. The smallest absolute Gasteiger partial charge is 0.310 e. The molecule has 136 valence electrons. The molecule has 1 N–H and O–H groups in total. The Balaban J connectivity index is 1.39. The topological polar surface area (TPSA) is 68.3 Å². The fourth-order valence-electron chi connectivity index (χ4n) is 5.86. The van der Waals surface area contributed by atoms with E-state index in [0.29, 0.717) is 11.6 Å². The van der Waals surface area contributed by atoms with Gasteiger partial charge >= 0.3 is 5.97 Å². The van der Waals surface area contributed by atoms with E-state index in [-0.39, 0.29) is 23.7 Å². The molecule has 5 rings (SSSR count). The molecule has 0 saturated heterocycles. The molecule has 4 fully saturated rings. The lowest BCUT2D eigenvalue weighted by Gasteiger charge is -2.56. The minimum atomic E-state index is -0.279. The van der Waals surface area contributed by atoms with E-state index in [1.807, 2.05) is 6.92 Å². The van der Waals surface area contributed by atoms with Crippen LogP contribution < -0.4 is 5.32 Å². The number of hydrogen-bond acceptors (Lipinski definition) is 5. The first-order valence-electron chi connectivity index (χ1n) is 9.28. The third kappa shape index (κ3) is 3.46. The average molecular weight is 362 g/mol.